The fourth-order valence-electron chi connectivity index (χ4n) is 3.29. The van der Waals surface area contributed by atoms with Crippen LogP contribution in [-0.2, 0) is 4.79 Å². The van der Waals surface area contributed by atoms with Crippen molar-refractivity contribution in [2.75, 3.05) is 18.2 Å². The smallest absolute Gasteiger partial charge is 0.234 e. The number of rotatable bonds is 7. The number of imidazole rings is 1. The first-order valence-electron chi connectivity index (χ1n) is 9.94. The Kier molecular flexibility index (Phi) is 6.22. The van der Waals surface area contributed by atoms with E-state index in [1.54, 1.807) is 43.1 Å². The molecule has 0 fully saturated rings. The van der Waals surface area contributed by atoms with Gasteiger partial charge in [-0.3, -0.25) is 9.36 Å². The summed E-state index contributed by atoms with van der Waals surface area (Å²) < 4.78 is 8.98. The highest BCUT2D eigenvalue weighted by Gasteiger charge is 2.14. The molecule has 0 aliphatic heterocycles. The van der Waals surface area contributed by atoms with Crippen LogP contribution in [0.1, 0.15) is 17.0 Å². The first kappa shape index (κ1) is 21.6. The Morgan fingerprint density at radius 1 is 1.16 bits per heavy atom. The number of carbonyl (C=O) groups excluding carboxylic acids is 1. The molecule has 0 aliphatic rings. The first-order valence-corrected chi connectivity index (χ1v) is 10.9. The Bertz CT molecular complexity index is 1260. The van der Waals surface area contributed by atoms with Gasteiger partial charge in [0.15, 0.2) is 11.0 Å². The van der Waals surface area contributed by atoms with Gasteiger partial charge in [0, 0.05) is 18.1 Å². The summed E-state index contributed by atoms with van der Waals surface area (Å²) in [7, 11) is 1.57. The molecule has 0 bridgehead atoms. The Labute approximate surface area is 189 Å². The van der Waals surface area contributed by atoms with Crippen LogP contribution in [0, 0.1) is 20.8 Å². The number of aromatic nitrogens is 6. The van der Waals surface area contributed by atoms with Crippen molar-refractivity contribution in [2.45, 2.75) is 25.9 Å². The Morgan fingerprint density at radius 2 is 2.00 bits per heavy atom. The highest BCUT2D eigenvalue weighted by atomic mass is 32.2. The van der Waals surface area contributed by atoms with Crippen LogP contribution in [0.25, 0.3) is 11.4 Å². The van der Waals surface area contributed by atoms with E-state index < -0.39 is 0 Å². The third kappa shape index (κ3) is 4.35. The van der Waals surface area contributed by atoms with Crippen LogP contribution >= 0.6 is 11.8 Å². The van der Waals surface area contributed by atoms with Crippen LogP contribution in [0.15, 0.2) is 53.9 Å². The minimum Gasteiger partial charge on any atom is -0.494 e. The standard InChI is InChI=1S/C22H23N7O2S/c1-14-6-5-7-18(15(14)2)28-11-10-23-22(28)32-13-21(30)24-17-8-9-20(31-4)19(12-17)29-16(3)25-26-27-29/h5-12H,13H2,1-4H3,(H,24,30). The van der Waals surface area contributed by atoms with E-state index in [9.17, 15) is 4.79 Å². The molecule has 1 amide bonds. The number of anilines is 1. The molecule has 0 atom stereocenters. The van der Waals surface area contributed by atoms with Gasteiger partial charge in [-0.05, 0) is 66.6 Å². The lowest BCUT2D eigenvalue weighted by atomic mass is 10.1. The molecule has 32 heavy (non-hydrogen) atoms. The fraction of sp³-hybridized carbons (Fsp3) is 0.227. The van der Waals surface area contributed by atoms with Gasteiger partial charge in [-0.1, -0.05) is 23.9 Å². The molecule has 4 aromatic rings. The summed E-state index contributed by atoms with van der Waals surface area (Å²) in [4.78, 5) is 17.1. The lowest BCUT2D eigenvalue weighted by Gasteiger charge is -2.13. The van der Waals surface area contributed by atoms with E-state index in [2.05, 4.69) is 45.7 Å². The number of ether oxygens (including phenoxy) is 1. The number of hydrogen-bond donors (Lipinski definition) is 1. The molecule has 2 heterocycles. The van der Waals surface area contributed by atoms with E-state index in [-0.39, 0.29) is 11.7 Å². The normalized spacial score (nSPS) is 10.9. The van der Waals surface area contributed by atoms with Crippen LogP contribution in [0.5, 0.6) is 5.75 Å². The number of benzene rings is 2. The summed E-state index contributed by atoms with van der Waals surface area (Å²) in [5.41, 5.74) is 4.71. The number of aryl methyl sites for hydroxylation is 2. The van der Waals surface area contributed by atoms with Gasteiger partial charge in [0.05, 0.1) is 18.6 Å². The predicted octanol–water partition coefficient (Wildman–Crippen LogP) is 3.51. The number of carbonyl (C=O) groups is 1. The molecule has 1 N–H and O–H groups in total. The number of amides is 1. The molecule has 164 valence electrons. The molecule has 0 aliphatic carbocycles. The number of methoxy groups -OCH3 is 1. The monoisotopic (exact) mass is 449 g/mol. The van der Waals surface area contributed by atoms with Gasteiger partial charge in [-0.2, -0.15) is 4.68 Å². The third-order valence-corrected chi connectivity index (χ3v) is 6.06. The van der Waals surface area contributed by atoms with Crippen LogP contribution in [0.3, 0.4) is 0 Å². The third-order valence-electron chi connectivity index (χ3n) is 5.09. The van der Waals surface area contributed by atoms with Crippen molar-refractivity contribution in [2.24, 2.45) is 0 Å². The first-order chi connectivity index (χ1) is 15.5. The second-order valence-corrected chi connectivity index (χ2v) is 8.10. The van der Waals surface area contributed by atoms with Gasteiger partial charge < -0.3 is 10.1 Å². The van der Waals surface area contributed by atoms with E-state index in [4.69, 9.17) is 4.74 Å². The van der Waals surface area contributed by atoms with Crippen LogP contribution < -0.4 is 10.1 Å². The molecule has 2 aromatic heterocycles. The summed E-state index contributed by atoms with van der Waals surface area (Å²) in [6.45, 7) is 5.95. The van der Waals surface area contributed by atoms with Crippen molar-refractivity contribution < 1.29 is 9.53 Å². The molecule has 0 saturated heterocycles. The zero-order valence-electron chi connectivity index (χ0n) is 18.2. The van der Waals surface area contributed by atoms with E-state index in [0.717, 1.165) is 10.8 Å². The average molecular weight is 450 g/mol. The lowest BCUT2D eigenvalue weighted by molar-refractivity contribution is -0.113. The van der Waals surface area contributed by atoms with Crippen molar-refractivity contribution >= 4 is 23.4 Å². The minimum absolute atomic E-state index is 0.143. The molecule has 0 saturated carbocycles. The largest absolute Gasteiger partial charge is 0.494 e. The quantitative estimate of drug-likeness (QED) is 0.431. The Hall–Kier alpha value is -3.66. The number of nitrogens with zero attached hydrogens (tertiary/aromatic N) is 6. The molecular weight excluding hydrogens is 426 g/mol. The molecule has 10 heteroatoms. The summed E-state index contributed by atoms with van der Waals surface area (Å²) >= 11 is 1.38. The number of nitrogens with one attached hydrogen (secondary N) is 1. The van der Waals surface area contributed by atoms with Crippen LogP contribution in [-0.4, -0.2) is 48.5 Å². The fourth-order valence-corrected chi connectivity index (χ4v) is 4.06. The summed E-state index contributed by atoms with van der Waals surface area (Å²) in [6.07, 6.45) is 3.65. The minimum atomic E-state index is -0.143. The molecule has 9 nitrogen and oxygen atoms in total. The van der Waals surface area contributed by atoms with Crippen molar-refractivity contribution in [3.8, 4) is 17.1 Å². The highest BCUT2D eigenvalue weighted by Crippen LogP contribution is 2.27. The molecule has 4 rings (SSSR count). The maximum Gasteiger partial charge on any atom is 0.234 e. The van der Waals surface area contributed by atoms with Gasteiger partial charge >= 0.3 is 0 Å². The number of hydrogen-bond acceptors (Lipinski definition) is 7. The number of thioether (sulfide) groups is 1. The van der Waals surface area contributed by atoms with E-state index in [1.807, 2.05) is 22.9 Å². The zero-order chi connectivity index (χ0) is 22.7. The van der Waals surface area contributed by atoms with Crippen molar-refractivity contribution in [3.05, 3.63) is 65.7 Å². The molecule has 2 aromatic carbocycles. The zero-order valence-corrected chi connectivity index (χ0v) is 19.1. The van der Waals surface area contributed by atoms with E-state index in [1.165, 1.54) is 22.9 Å². The summed E-state index contributed by atoms with van der Waals surface area (Å²) in [5.74, 6) is 1.28. The van der Waals surface area contributed by atoms with Crippen LogP contribution in [0.4, 0.5) is 5.69 Å². The average Bonchev–Trinajstić information content (AvgIpc) is 3.43. The number of tetrazole rings is 1. The second kappa shape index (κ2) is 9.23. The van der Waals surface area contributed by atoms with Gasteiger partial charge in [0.25, 0.3) is 0 Å². The van der Waals surface area contributed by atoms with Crippen molar-refractivity contribution in [1.82, 2.24) is 29.8 Å². The molecule has 0 unspecified atom stereocenters. The van der Waals surface area contributed by atoms with Gasteiger partial charge in [-0.15, -0.1) is 5.10 Å². The van der Waals surface area contributed by atoms with E-state index >= 15 is 0 Å². The predicted molar refractivity (Wildman–Crippen MR) is 123 cm³/mol. The summed E-state index contributed by atoms with van der Waals surface area (Å²) in [6, 6.07) is 11.5. The molecule has 0 spiro atoms. The lowest BCUT2D eigenvalue weighted by Crippen LogP contribution is -2.15. The van der Waals surface area contributed by atoms with Crippen molar-refractivity contribution in [3.63, 3.8) is 0 Å². The van der Waals surface area contributed by atoms with Gasteiger partial charge in [0.2, 0.25) is 5.91 Å². The van der Waals surface area contributed by atoms with Gasteiger partial charge in [-0.25, -0.2) is 4.98 Å². The molecular formula is C22H23N7O2S. The molecule has 0 radical (unpaired) electrons. The topological polar surface area (TPSA) is 99.8 Å². The Balaban J connectivity index is 1.48. The maximum atomic E-state index is 12.6. The van der Waals surface area contributed by atoms with Crippen molar-refractivity contribution in [1.29, 1.82) is 0 Å². The maximum absolute atomic E-state index is 12.6. The summed E-state index contributed by atoms with van der Waals surface area (Å²) in [5, 5.41) is 15.2. The second-order valence-electron chi connectivity index (χ2n) is 7.16. The van der Waals surface area contributed by atoms with Crippen LogP contribution in [0.2, 0.25) is 0 Å². The van der Waals surface area contributed by atoms with E-state index in [0.29, 0.717) is 22.9 Å². The van der Waals surface area contributed by atoms with Gasteiger partial charge in [0.1, 0.15) is 11.4 Å². The SMILES string of the molecule is COc1ccc(NC(=O)CSc2nccn2-c2cccc(C)c2C)cc1-n1nnnc1C. The Morgan fingerprint density at radius 3 is 2.75 bits per heavy atom. The highest BCUT2D eigenvalue weighted by molar-refractivity contribution is 7.99.